The second kappa shape index (κ2) is 4.18. The van der Waals surface area contributed by atoms with Gasteiger partial charge in [0.2, 0.25) is 0 Å². The molecule has 0 atom stereocenters. The van der Waals surface area contributed by atoms with Crippen molar-refractivity contribution >= 4 is 10.4 Å². The van der Waals surface area contributed by atoms with E-state index in [9.17, 15) is 8.42 Å². The molecule has 12 heavy (non-hydrogen) atoms. The molecule has 0 aromatic carbocycles. The lowest BCUT2D eigenvalue weighted by molar-refractivity contribution is 0.101. The van der Waals surface area contributed by atoms with Crippen molar-refractivity contribution in [1.29, 1.82) is 0 Å². The molecule has 72 valence electrons. The van der Waals surface area contributed by atoms with Gasteiger partial charge in [0, 0.05) is 13.1 Å². The zero-order valence-electron chi connectivity index (χ0n) is 6.77. The van der Waals surface area contributed by atoms with E-state index in [4.69, 9.17) is 4.55 Å². The van der Waals surface area contributed by atoms with E-state index < -0.39 is 10.4 Å². The van der Waals surface area contributed by atoms with Crippen LogP contribution in [0.15, 0.2) is 0 Å². The molecule has 1 N–H and O–H groups in total. The largest absolute Gasteiger partial charge is 0.398 e. The lowest BCUT2D eigenvalue weighted by atomic mass is 10.1. The molecule has 0 amide bonds. The molecule has 0 aromatic rings. The van der Waals surface area contributed by atoms with Gasteiger partial charge in [-0.15, -0.1) is 0 Å². The van der Waals surface area contributed by atoms with Gasteiger partial charge in [0.1, 0.15) is 6.73 Å². The Morgan fingerprint density at radius 1 is 1.25 bits per heavy atom. The van der Waals surface area contributed by atoms with Crippen LogP contribution in [0.4, 0.5) is 0 Å². The molecule has 1 rings (SSSR count). The van der Waals surface area contributed by atoms with Crippen LogP contribution in [-0.4, -0.2) is 37.7 Å². The zero-order valence-corrected chi connectivity index (χ0v) is 7.59. The van der Waals surface area contributed by atoms with E-state index in [0.717, 1.165) is 25.9 Å². The van der Waals surface area contributed by atoms with E-state index in [1.807, 2.05) is 4.90 Å². The Kier molecular flexibility index (Phi) is 3.45. The van der Waals surface area contributed by atoms with Crippen LogP contribution in [0.3, 0.4) is 0 Å². The fourth-order valence-corrected chi connectivity index (χ4v) is 1.51. The van der Waals surface area contributed by atoms with E-state index in [-0.39, 0.29) is 6.73 Å². The molecule has 0 unspecified atom stereocenters. The molecule has 6 heteroatoms. The molecule has 0 spiro atoms. The molecular weight excluding hydrogens is 182 g/mol. The second-order valence-electron chi connectivity index (χ2n) is 2.85. The molecule has 1 aliphatic rings. The number of nitrogens with zero attached hydrogens (tertiary/aromatic N) is 1. The Hall–Kier alpha value is -0.170. The Morgan fingerprint density at radius 3 is 2.33 bits per heavy atom. The third-order valence-corrected chi connectivity index (χ3v) is 2.24. The Morgan fingerprint density at radius 2 is 1.83 bits per heavy atom. The van der Waals surface area contributed by atoms with Crippen molar-refractivity contribution in [3.63, 3.8) is 0 Å². The van der Waals surface area contributed by atoms with Gasteiger partial charge < -0.3 is 0 Å². The lowest BCUT2D eigenvalue weighted by Gasteiger charge is -2.24. The normalized spacial score (nSPS) is 21.1. The minimum absolute atomic E-state index is 0.0289. The monoisotopic (exact) mass is 195 g/mol. The highest BCUT2D eigenvalue weighted by Gasteiger charge is 2.12. The summed E-state index contributed by atoms with van der Waals surface area (Å²) >= 11 is 0. The Labute approximate surface area is 72.3 Å². The highest BCUT2D eigenvalue weighted by molar-refractivity contribution is 7.80. The van der Waals surface area contributed by atoms with Crippen molar-refractivity contribution < 1.29 is 17.2 Å². The maximum atomic E-state index is 10.2. The summed E-state index contributed by atoms with van der Waals surface area (Å²) in [5.41, 5.74) is 0. The van der Waals surface area contributed by atoms with Crippen LogP contribution in [0.5, 0.6) is 0 Å². The maximum Gasteiger partial charge on any atom is 0.398 e. The second-order valence-corrected chi connectivity index (χ2v) is 3.94. The molecule has 0 radical (unpaired) electrons. The van der Waals surface area contributed by atoms with E-state index in [1.54, 1.807) is 0 Å². The first-order valence-corrected chi connectivity index (χ1v) is 5.29. The van der Waals surface area contributed by atoms with Crippen molar-refractivity contribution in [2.75, 3.05) is 19.8 Å². The number of piperidine rings is 1. The fourth-order valence-electron chi connectivity index (χ4n) is 1.23. The van der Waals surface area contributed by atoms with Crippen molar-refractivity contribution in [3.8, 4) is 0 Å². The molecule has 0 bridgehead atoms. The van der Waals surface area contributed by atoms with Crippen LogP contribution in [-0.2, 0) is 14.6 Å². The van der Waals surface area contributed by atoms with Crippen LogP contribution in [0.25, 0.3) is 0 Å². The summed E-state index contributed by atoms with van der Waals surface area (Å²) in [5, 5.41) is 0. The van der Waals surface area contributed by atoms with Crippen LogP contribution in [0, 0.1) is 0 Å². The predicted octanol–water partition coefficient (Wildman–Crippen LogP) is 0.249. The fraction of sp³-hybridized carbons (Fsp3) is 1.00. The summed E-state index contributed by atoms with van der Waals surface area (Å²) in [6.45, 7) is 1.66. The smallest absolute Gasteiger partial charge is 0.280 e. The van der Waals surface area contributed by atoms with Gasteiger partial charge in [-0.25, -0.2) is 4.18 Å². The molecule has 1 fully saturated rings. The predicted molar refractivity (Wildman–Crippen MR) is 42.9 cm³/mol. The Bertz CT molecular complexity index is 220. The first-order chi connectivity index (χ1) is 5.58. The van der Waals surface area contributed by atoms with Crippen molar-refractivity contribution in [3.05, 3.63) is 0 Å². The average molecular weight is 195 g/mol. The summed E-state index contributed by atoms with van der Waals surface area (Å²) in [5.74, 6) is 0. The van der Waals surface area contributed by atoms with Gasteiger partial charge in [-0.1, -0.05) is 6.42 Å². The SMILES string of the molecule is O=S(=O)(O)OCN1CCCCC1. The minimum atomic E-state index is -4.27. The molecule has 0 aliphatic carbocycles. The van der Waals surface area contributed by atoms with E-state index in [0.29, 0.717) is 0 Å². The van der Waals surface area contributed by atoms with Gasteiger partial charge in [-0.05, 0) is 12.8 Å². The first kappa shape index (κ1) is 9.91. The zero-order chi connectivity index (χ0) is 9.03. The van der Waals surface area contributed by atoms with Crippen LogP contribution >= 0.6 is 0 Å². The number of hydrogen-bond donors (Lipinski definition) is 1. The third-order valence-electron chi connectivity index (χ3n) is 1.83. The molecular formula is C6H13NO4S. The van der Waals surface area contributed by atoms with Crippen LogP contribution in [0.1, 0.15) is 19.3 Å². The maximum absolute atomic E-state index is 10.2. The van der Waals surface area contributed by atoms with Gasteiger partial charge in [0.25, 0.3) is 0 Å². The molecule has 1 saturated heterocycles. The minimum Gasteiger partial charge on any atom is -0.280 e. The number of hydrogen-bond acceptors (Lipinski definition) is 4. The van der Waals surface area contributed by atoms with E-state index in [1.165, 1.54) is 6.42 Å². The van der Waals surface area contributed by atoms with Crippen molar-refractivity contribution in [2.24, 2.45) is 0 Å². The molecule has 5 nitrogen and oxygen atoms in total. The van der Waals surface area contributed by atoms with Crippen LogP contribution in [0.2, 0.25) is 0 Å². The third kappa shape index (κ3) is 4.01. The summed E-state index contributed by atoms with van der Waals surface area (Å²) < 4.78 is 32.9. The molecule has 1 aliphatic heterocycles. The van der Waals surface area contributed by atoms with Gasteiger partial charge in [0.15, 0.2) is 0 Å². The van der Waals surface area contributed by atoms with Gasteiger partial charge >= 0.3 is 10.4 Å². The molecule has 1 heterocycles. The van der Waals surface area contributed by atoms with Crippen molar-refractivity contribution in [2.45, 2.75) is 19.3 Å². The van der Waals surface area contributed by atoms with Gasteiger partial charge in [0.05, 0.1) is 0 Å². The molecule has 0 saturated carbocycles. The quantitative estimate of drug-likeness (QED) is 0.654. The summed E-state index contributed by atoms with van der Waals surface area (Å²) in [4.78, 5) is 1.86. The highest BCUT2D eigenvalue weighted by Crippen LogP contribution is 2.08. The average Bonchev–Trinajstić information content (AvgIpc) is 2.02. The van der Waals surface area contributed by atoms with E-state index in [2.05, 4.69) is 4.18 Å². The Balaban J connectivity index is 2.22. The van der Waals surface area contributed by atoms with Gasteiger partial charge in [-0.2, -0.15) is 8.42 Å². The lowest BCUT2D eigenvalue weighted by Crippen LogP contribution is -2.32. The number of rotatable bonds is 3. The summed E-state index contributed by atoms with van der Waals surface area (Å²) in [6.07, 6.45) is 3.31. The van der Waals surface area contributed by atoms with Crippen LogP contribution < -0.4 is 0 Å². The van der Waals surface area contributed by atoms with Crippen molar-refractivity contribution in [1.82, 2.24) is 4.90 Å². The first-order valence-electron chi connectivity index (χ1n) is 3.92. The van der Waals surface area contributed by atoms with Gasteiger partial charge in [-0.3, -0.25) is 9.45 Å². The highest BCUT2D eigenvalue weighted by atomic mass is 32.3. The summed E-state index contributed by atoms with van der Waals surface area (Å²) in [7, 11) is -4.27. The standard InChI is InChI=1S/C6H13NO4S/c8-12(9,10)11-6-7-4-2-1-3-5-7/h1-6H2,(H,8,9,10). The number of likely N-dealkylation sites (tertiary alicyclic amines) is 1. The molecule has 0 aromatic heterocycles. The van der Waals surface area contributed by atoms with E-state index >= 15 is 0 Å². The topological polar surface area (TPSA) is 66.8 Å². The summed E-state index contributed by atoms with van der Waals surface area (Å²) in [6, 6.07) is 0.